The van der Waals surface area contributed by atoms with Gasteiger partial charge in [0.05, 0.1) is 5.00 Å². The second-order valence-electron chi connectivity index (χ2n) is 7.09. The van der Waals surface area contributed by atoms with E-state index in [1.54, 1.807) is 11.3 Å². The van der Waals surface area contributed by atoms with E-state index in [4.69, 9.17) is 4.98 Å². The van der Waals surface area contributed by atoms with Crippen molar-refractivity contribution in [3.05, 3.63) is 23.4 Å². The third-order valence-corrected chi connectivity index (χ3v) is 5.36. The van der Waals surface area contributed by atoms with Crippen molar-refractivity contribution in [2.45, 2.75) is 47.0 Å². The lowest BCUT2D eigenvalue weighted by molar-refractivity contribution is -0.114. The second-order valence-corrected chi connectivity index (χ2v) is 8.12. The molecular weight excluding hydrogens is 280 g/mol. The Kier molecular flexibility index (Phi) is 3.52. The summed E-state index contributed by atoms with van der Waals surface area (Å²) in [6.07, 6.45) is 3.41. The third kappa shape index (κ3) is 2.95. The molecule has 0 saturated heterocycles. The van der Waals surface area contributed by atoms with Crippen LogP contribution in [0.3, 0.4) is 0 Å². The van der Waals surface area contributed by atoms with Crippen LogP contribution in [0.5, 0.6) is 0 Å². The zero-order valence-corrected chi connectivity index (χ0v) is 13.9. The highest BCUT2D eigenvalue weighted by Crippen LogP contribution is 2.39. The highest BCUT2D eigenvalue weighted by atomic mass is 32.1. The number of nitrogens with zero attached hydrogens (tertiary/aromatic N) is 1. The molecule has 3 nitrogen and oxygen atoms in total. The van der Waals surface area contributed by atoms with Gasteiger partial charge in [-0.25, -0.2) is 4.98 Å². The van der Waals surface area contributed by atoms with Crippen LogP contribution in [0.1, 0.15) is 45.4 Å². The van der Waals surface area contributed by atoms with Gasteiger partial charge in [-0.1, -0.05) is 32.1 Å². The number of hydrogen-bond donors (Lipinski definition) is 1. The van der Waals surface area contributed by atoms with E-state index in [1.807, 2.05) is 6.07 Å². The Morgan fingerprint density at radius 2 is 2.14 bits per heavy atom. The van der Waals surface area contributed by atoms with Gasteiger partial charge in [0, 0.05) is 18.0 Å². The molecule has 112 valence electrons. The number of rotatable bonds is 1. The van der Waals surface area contributed by atoms with E-state index >= 15 is 0 Å². The van der Waals surface area contributed by atoms with Crippen molar-refractivity contribution in [1.82, 2.24) is 4.98 Å². The lowest BCUT2D eigenvalue weighted by Crippen LogP contribution is -2.27. The molecule has 0 fully saturated rings. The summed E-state index contributed by atoms with van der Waals surface area (Å²) in [5.74, 6) is 0.691. The zero-order valence-electron chi connectivity index (χ0n) is 13.1. The van der Waals surface area contributed by atoms with E-state index in [-0.39, 0.29) is 5.91 Å². The Balaban J connectivity index is 1.95. The number of fused-ring (bicyclic) bond motifs is 2. The minimum absolute atomic E-state index is 0.0286. The smallest absolute Gasteiger partial charge is 0.221 e. The van der Waals surface area contributed by atoms with Gasteiger partial charge in [0.1, 0.15) is 4.83 Å². The van der Waals surface area contributed by atoms with Crippen molar-refractivity contribution in [1.29, 1.82) is 0 Å². The van der Waals surface area contributed by atoms with Crippen LogP contribution in [-0.4, -0.2) is 10.9 Å². The summed E-state index contributed by atoms with van der Waals surface area (Å²) < 4.78 is 0. The van der Waals surface area contributed by atoms with Crippen LogP contribution in [0, 0.1) is 11.3 Å². The van der Waals surface area contributed by atoms with Crippen LogP contribution in [0.2, 0.25) is 0 Å². The number of amides is 1. The molecule has 1 N–H and O–H groups in total. The molecule has 0 saturated carbocycles. The van der Waals surface area contributed by atoms with Gasteiger partial charge in [-0.3, -0.25) is 4.79 Å². The predicted molar refractivity (Wildman–Crippen MR) is 88.9 cm³/mol. The maximum Gasteiger partial charge on any atom is 0.221 e. The van der Waals surface area contributed by atoms with Crippen LogP contribution in [0.4, 0.5) is 5.00 Å². The summed E-state index contributed by atoms with van der Waals surface area (Å²) in [4.78, 5) is 17.0. The average Bonchev–Trinajstić information content (AvgIpc) is 2.73. The van der Waals surface area contributed by atoms with Gasteiger partial charge >= 0.3 is 0 Å². The van der Waals surface area contributed by atoms with Crippen molar-refractivity contribution in [3.8, 4) is 0 Å². The number of hydrogen-bond acceptors (Lipinski definition) is 3. The number of aryl methyl sites for hydroxylation is 1. The number of carbonyl (C=O) groups is 1. The molecule has 2 aromatic heterocycles. The number of aromatic nitrogens is 1. The summed E-state index contributed by atoms with van der Waals surface area (Å²) in [6.45, 7) is 8.52. The average molecular weight is 302 g/mol. The lowest BCUT2D eigenvalue weighted by Gasteiger charge is -2.34. The minimum Gasteiger partial charge on any atom is -0.318 e. The van der Waals surface area contributed by atoms with E-state index in [0.717, 1.165) is 34.0 Å². The van der Waals surface area contributed by atoms with Crippen LogP contribution in [0.25, 0.3) is 10.2 Å². The fourth-order valence-electron chi connectivity index (χ4n) is 3.10. The fourth-order valence-corrected chi connectivity index (χ4v) is 4.08. The molecule has 3 rings (SSSR count). The molecule has 0 bridgehead atoms. The van der Waals surface area contributed by atoms with E-state index in [2.05, 4.69) is 32.2 Å². The van der Waals surface area contributed by atoms with Crippen molar-refractivity contribution in [2.75, 3.05) is 5.32 Å². The number of carbonyl (C=O) groups excluding carboxylic acids is 1. The van der Waals surface area contributed by atoms with E-state index in [0.29, 0.717) is 5.41 Å². The Labute approximate surface area is 129 Å². The lowest BCUT2D eigenvalue weighted by atomic mass is 9.71. The van der Waals surface area contributed by atoms with Crippen LogP contribution in [0.15, 0.2) is 12.1 Å². The van der Waals surface area contributed by atoms with Crippen molar-refractivity contribution in [2.24, 2.45) is 11.3 Å². The van der Waals surface area contributed by atoms with Gasteiger partial charge in [-0.2, -0.15) is 0 Å². The SMILES string of the molecule is CC(=O)Nc1cc2cc3c(nc2s1)CCC(C(C)(C)C)C3. The van der Waals surface area contributed by atoms with Gasteiger partial charge in [0.25, 0.3) is 0 Å². The summed E-state index contributed by atoms with van der Waals surface area (Å²) in [5, 5.41) is 4.90. The number of pyridine rings is 1. The zero-order chi connectivity index (χ0) is 15.2. The second kappa shape index (κ2) is 5.09. The molecule has 2 aromatic rings. The molecule has 1 atom stereocenters. The van der Waals surface area contributed by atoms with Crippen molar-refractivity contribution >= 4 is 32.5 Å². The highest BCUT2D eigenvalue weighted by Gasteiger charge is 2.29. The topological polar surface area (TPSA) is 42.0 Å². The molecule has 1 aliphatic rings. The Bertz CT molecular complexity index is 697. The quantitative estimate of drug-likeness (QED) is 0.848. The molecular formula is C17H22N2OS. The Morgan fingerprint density at radius 1 is 1.38 bits per heavy atom. The van der Waals surface area contributed by atoms with Gasteiger partial charge < -0.3 is 5.32 Å². The summed E-state index contributed by atoms with van der Waals surface area (Å²) in [7, 11) is 0. The Morgan fingerprint density at radius 3 is 2.81 bits per heavy atom. The molecule has 4 heteroatoms. The number of anilines is 1. The first-order valence-electron chi connectivity index (χ1n) is 7.53. The normalized spacial score (nSPS) is 18.6. The fraction of sp³-hybridized carbons (Fsp3) is 0.529. The molecule has 21 heavy (non-hydrogen) atoms. The van der Waals surface area contributed by atoms with Gasteiger partial charge in [-0.05, 0) is 48.3 Å². The van der Waals surface area contributed by atoms with E-state index < -0.39 is 0 Å². The first-order valence-corrected chi connectivity index (χ1v) is 8.34. The van der Waals surface area contributed by atoms with Crippen molar-refractivity contribution < 1.29 is 4.79 Å². The van der Waals surface area contributed by atoms with Gasteiger partial charge in [-0.15, -0.1) is 0 Å². The molecule has 0 radical (unpaired) electrons. The number of nitrogens with one attached hydrogen (secondary N) is 1. The first kappa shape index (κ1) is 14.5. The minimum atomic E-state index is -0.0286. The van der Waals surface area contributed by atoms with Gasteiger partial charge in [0.15, 0.2) is 0 Å². The van der Waals surface area contributed by atoms with Crippen molar-refractivity contribution in [3.63, 3.8) is 0 Å². The van der Waals surface area contributed by atoms with Crippen LogP contribution >= 0.6 is 11.3 Å². The standard InChI is InChI=1S/C17H22N2OS/c1-10(20)18-15-9-12-7-11-8-13(17(2,3)4)5-6-14(11)19-16(12)21-15/h7,9,13H,5-6,8H2,1-4H3,(H,18,20). The molecule has 0 spiro atoms. The largest absolute Gasteiger partial charge is 0.318 e. The predicted octanol–water partition coefficient (Wildman–Crippen LogP) is 4.41. The monoisotopic (exact) mass is 302 g/mol. The molecule has 1 amide bonds. The molecule has 2 heterocycles. The van der Waals surface area contributed by atoms with E-state index in [9.17, 15) is 4.79 Å². The summed E-state index contributed by atoms with van der Waals surface area (Å²) in [6, 6.07) is 4.31. The maximum absolute atomic E-state index is 11.2. The highest BCUT2D eigenvalue weighted by molar-refractivity contribution is 7.22. The van der Waals surface area contributed by atoms with Gasteiger partial charge in [0.2, 0.25) is 5.91 Å². The number of thiophene rings is 1. The molecule has 1 unspecified atom stereocenters. The summed E-state index contributed by atoms with van der Waals surface area (Å²) in [5.41, 5.74) is 2.99. The third-order valence-electron chi connectivity index (χ3n) is 4.40. The molecule has 1 aliphatic carbocycles. The van der Waals surface area contributed by atoms with Crippen LogP contribution < -0.4 is 5.32 Å². The molecule has 0 aliphatic heterocycles. The van der Waals surface area contributed by atoms with E-state index in [1.165, 1.54) is 24.6 Å². The summed E-state index contributed by atoms with van der Waals surface area (Å²) >= 11 is 1.56. The van der Waals surface area contributed by atoms with Crippen LogP contribution in [-0.2, 0) is 17.6 Å². The molecule has 0 aromatic carbocycles. The first-order chi connectivity index (χ1) is 9.83. The Hall–Kier alpha value is -1.42. The maximum atomic E-state index is 11.2.